The number of H-pyrrole nitrogens is 1. The SMILES string of the molecule is COC(=O)c1cc(-c2ccnc3c2ccn3Sc2ccccc2)[nH]c1-c1ccc(F)cc1Cl. The molecule has 0 amide bonds. The Balaban J connectivity index is 1.63. The fraction of sp³-hybridized carbons (Fsp3) is 0.0400. The third kappa shape index (κ3) is 4.01. The van der Waals surface area contributed by atoms with E-state index in [1.165, 1.54) is 25.3 Å². The monoisotopic (exact) mass is 477 g/mol. The Hall–Kier alpha value is -3.55. The lowest BCUT2D eigenvalue weighted by Crippen LogP contribution is -2.01. The molecule has 3 heterocycles. The lowest BCUT2D eigenvalue weighted by Gasteiger charge is -2.06. The Morgan fingerprint density at radius 1 is 1.09 bits per heavy atom. The van der Waals surface area contributed by atoms with E-state index in [1.54, 1.807) is 24.2 Å². The van der Waals surface area contributed by atoms with Gasteiger partial charge < -0.3 is 9.72 Å². The fourth-order valence-electron chi connectivity index (χ4n) is 3.69. The molecule has 0 aliphatic carbocycles. The third-order valence-electron chi connectivity index (χ3n) is 5.22. The number of hydrogen-bond donors (Lipinski definition) is 1. The van der Waals surface area contributed by atoms with E-state index in [4.69, 9.17) is 16.3 Å². The molecule has 5 rings (SSSR count). The molecular weight excluding hydrogens is 461 g/mol. The van der Waals surface area contributed by atoms with E-state index >= 15 is 0 Å². The molecule has 0 bridgehead atoms. The van der Waals surface area contributed by atoms with Crippen LogP contribution in [0.15, 0.2) is 84.0 Å². The van der Waals surface area contributed by atoms with Crippen LogP contribution < -0.4 is 0 Å². The number of ether oxygens (including phenoxy) is 1. The molecule has 5 nitrogen and oxygen atoms in total. The van der Waals surface area contributed by atoms with Gasteiger partial charge in [0.05, 0.1) is 23.4 Å². The number of rotatable bonds is 5. The maximum absolute atomic E-state index is 13.6. The summed E-state index contributed by atoms with van der Waals surface area (Å²) >= 11 is 7.85. The smallest absolute Gasteiger partial charge is 0.340 e. The molecule has 0 saturated carbocycles. The number of nitrogens with zero attached hydrogens (tertiary/aromatic N) is 2. The number of pyridine rings is 1. The summed E-state index contributed by atoms with van der Waals surface area (Å²) in [5, 5.41) is 1.11. The van der Waals surface area contributed by atoms with Gasteiger partial charge in [0.1, 0.15) is 5.82 Å². The predicted molar refractivity (Wildman–Crippen MR) is 129 cm³/mol. The predicted octanol–water partition coefficient (Wildman–Crippen LogP) is 6.83. The minimum atomic E-state index is -0.518. The van der Waals surface area contributed by atoms with Gasteiger partial charge in [-0.25, -0.2) is 14.2 Å². The van der Waals surface area contributed by atoms with Crippen molar-refractivity contribution < 1.29 is 13.9 Å². The largest absolute Gasteiger partial charge is 0.465 e. The van der Waals surface area contributed by atoms with Crippen LogP contribution in [-0.4, -0.2) is 27.0 Å². The van der Waals surface area contributed by atoms with Crippen LogP contribution in [0.1, 0.15) is 10.4 Å². The Morgan fingerprint density at radius 2 is 1.91 bits per heavy atom. The Kier molecular flexibility index (Phi) is 5.66. The van der Waals surface area contributed by atoms with Gasteiger partial charge in [0, 0.05) is 39.5 Å². The van der Waals surface area contributed by atoms with Crippen LogP contribution in [0.5, 0.6) is 0 Å². The number of hydrogen-bond acceptors (Lipinski definition) is 4. The van der Waals surface area contributed by atoms with Gasteiger partial charge in [-0.05, 0) is 60.5 Å². The van der Waals surface area contributed by atoms with Gasteiger partial charge in [0.2, 0.25) is 0 Å². The van der Waals surface area contributed by atoms with Gasteiger partial charge in [-0.15, -0.1) is 0 Å². The molecule has 164 valence electrons. The summed E-state index contributed by atoms with van der Waals surface area (Å²) in [6.45, 7) is 0. The molecule has 0 saturated heterocycles. The first-order chi connectivity index (χ1) is 16.0. The first kappa shape index (κ1) is 21.3. The van der Waals surface area contributed by atoms with E-state index in [1.807, 2.05) is 52.6 Å². The Bertz CT molecular complexity index is 1480. The van der Waals surface area contributed by atoms with E-state index in [2.05, 4.69) is 9.97 Å². The molecule has 5 aromatic rings. The Labute approximate surface area is 198 Å². The van der Waals surface area contributed by atoms with Crippen molar-refractivity contribution in [2.45, 2.75) is 4.90 Å². The van der Waals surface area contributed by atoms with Crippen molar-refractivity contribution in [3.05, 3.63) is 95.5 Å². The summed E-state index contributed by atoms with van der Waals surface area (Å²) in [7, 11) is 1.32. The number of fused-ring (bicyclic) bond motifs is 1. The van der Waals surface area contributed by atoms with E-state index in [-0.39, 0.29) is 5.02 Å². The second-order valence-electron chi connectivity index (χ2n) is 7.23. The summed E-state index contributed by atoms with van der Waals surface area (Å²) < 4.78 is 20.6. The standard InChI is InChI=1S/C25H17ClFN3O2S/c1-32-25(31)20-14-22(29-23(20)19-8-7-15(27)13-21(19)26)17-9-11-28-24-18(17)10-12-30(24)33-16-5-3-2-4-6-16/h2-14,29H,1H3. The number of carbonyl (C=O) groups is 1. The van der Waals surface area contributed by atoms with Crippen LogP contribution >= 0.6 is 23.5 Å². The molecule has 0 aliphatic heterocycles. The van der Waals surface area contributed by atoms with Crippen LogP contribution in [0.2, 0.25) is 5.02 Å². The summed E-state index contributed by atoms with van der Waals surface area (Å²) in [5.41, 5.74) is 3.63. The summed E-state index contributed by atoms with van der Waals surface area (Å²) in [6.07, 6.45) is 3.68. The molecule has 0 radical (unpaired) electrons. The number of halogens is 2. The Morgan fingerprint density at radius 3 is 2.67 bits per heavy atom. The van der Waals surface area contributed by atoms with Crippen LogP contribution in [0.25, 0.3) is 33.5 Å². The second-order valence-corrected chi connectivity index (χ2v) is 8.68. The van der Waals surface area contributed by atoms with Crippen molar-refractivity contribution in [3.63, 3.8) is 0 Å². The van der Waals surface area contributed by atoms with Gasteiger partial charge in [0.25, 0.3) is 0 Å². The highest BCUT2D eigenvalue weighted by atomic mass is 35.5. The van der Waals surface area contributed by atoms with Crippen LogP contribution in [0, 0.1) is 5.82 Å². The molecule has 0 unspecified atom stereocenters. The molecule has 1 N–H and O–H groups in total. The average molecular weight is 478 g/mol. The summed E-state index contributed by atoms with van der Waals surface area (Å²) in [6, 6.07) is 19.7. The summed E-state index contributed by atoms with van der Waals surface area (Å²) in [5.74, 6) is -0.973. The third-order valence-corrected chi connectivity index (χ3v) is 6.50. The number of carbonyl (C=O) groups excluding carboxylic acids is 1. The summed E-state index contributed by atoms with van der Waals surface area (Å²) in [4.78, 5) is 21.5. The highest BCUT2D eigenvalue weighted by Crippen LogP contribution is 2.37. The highest BCUT2D eigenvalue weighted by Gasteiger charge is 2.21. The molecule has 0 atom stereocenters. The highest BCUT2D eigenvalue weighted by molar-refractivity contribution is 7.98. The number of benzene rings is 2. The van der Waals surface area contributed by atoms with E-state index in [0.29, 0.717) is 22.5 Å². The zero-order valence-corrected chi connectivity index (χ0v) is 19.0. The second kappa shape index (κ2) is 8.77. The van der Waals surface area contributed by atoms with Crippen LogP contribution in [0.4, 0.5) is 4.39 Å². The van der Waals surface area contributed by atoms with Crippen molar-refractivity contribution >= 4 is 40.6 Å². The van der Waals surface area contributed by atoms with Crippen molar-refractivity contribution in [3.8, 4) is 22.5 Å². The number of nitrogens with one attached hydrogen (secondary N) is 1. The van der Waals surface area contributed by atoms with E-state index in [0.717, 1.165) is 21.5 Å². The molecule has 8 heteroatoms. The van der Waals surface area contributed by atoms with Gasteiger partial charge in [0.15, 0.2) is 5.65 Å². The molecule has 0 fully saturated rings. The zero-order chi connectivity index (χ0) is 22.9. The number of aromatic nitrogens is 3. The fourth-order valence-corrected chi connectivity index (χ4v) is 4.82. The maximum Gasteiger partial charge on any atom is 0.340 e. The van der Waals surface area contributed by atoms with Gasteiger partial charge in [-0.3, -0.25) is 3.97 Å². The van der Waals surface area contributed by atoms with Crippen molar-refractivity contribution in [2.24, 2.45) is 0 Å². The lowest BCUT2D eigenvalue weighted by atomic mass is 10.1. The molecule has 0 aliphatic rings. The lowest BCUT2D eigenvalue weighted by molar-refractivity contribution is 0.0602. The van der Waals surface area contributed by atoms with Crippen LogP contribution in [-0.2, 0) is 4.74 Å². The normalized spacial score (nSPS) is 11.1. The van der Waals surface area contributed by atoms with Crippen molar-refractivity contribution in [2.75, 3.05) is 7.11 Å². The minimum absolute atomic E-state index is 0.193. The van der Waals surface area contributed by atoms with Crippen molar-refractivity contribution in [1.29, 1.82) is 0 Å². The topological polar surface area (TPSA) is 59.9 Å². The van der Waals surface area contributed by atoms with Crippen LogP contribution in [0.3, 0.4) is 0 Å². The van der Waals surface area contributed by atoms with Gasteiger partial charge >= 0.3 is 5.97 Å². The molecule has 0 spiro atoms. The first-order valence-corrected chi connectivity index (χ1v) is 11.2. The number of aromatic amines is 1. The maximum atomic E-state index is 13.6. The molecule has 3 aromatic heterocycles. The number of methoxy groups -OCH3 is 1. The zero-order valence-electron chi connectivity index (χ0n) is 17.4. The van der Waals surface area contributed by atoms with Gasteiger partial charge in [-0.2, -0.15) is 0 Å². The number of esters is 1. The molecule has 2 aromatic carbocycles. The van der Waals surface area contributed by atoms with E-state index < -0.39 is 11.8 Å². The van der Waals surface area contributed by atoms with E-state index in [9.17, 15) is 9.18 Å². The quantitative estimate of drug-likeness (QED) is 0.282. The first-order valence-electron chi connectivity index (χ1n) is 10.0. The van der Waals surface area contributed by atoms with Gasteiger partial charge in [-0.1, -0.05) is 29.8 Å². The average Bonchev–Trinajstić information content (AvgIpc) is 3.44. The molecule has 33 heavy (non-hydrogen) atoms. The molecular formula is C25H17ClFN3O2S. The van der Waals surface area contributed by atoms with Crippen molar-refractivity contribution in [1.82, 2.24) is 13.9 Å². The minimum Gasteiger partial charge on any atom is -0.465 e.